The number of carbonyl (C=O) groups excluding carboxylic acids is 1. The molecule has 1 amide bonds. The van der Waals surface area contributed by atoms with Crippen LogP contribution in [-0.2, 0) is 10.0 Å². The Labute approximate surface area is 171 Å². The molecule has 0 unspecified atom stereocenters. The number of nitrogens with one attached hydrogen (secondary N) is 2. The van der Waals surface area contributed by atoms with E-state index in [1.165, 1.54) is 12.1 Å². The van der Waals surface area contributed by atoms with E-state index in [1.807, 2.05) is 57.2 Å². The van der Waals surface area contributed by atoms with Crippen LogP contribution in [0.3, 0.4) is 0 Å². The van der Waals surface area contributed by atoms with Gasteiger partial charge in [-0.25, -0.2) is 8.42 Å². The summed E-state index contributed by atoms with van der Waals surface area (Å²) in [7, 11) is -3.80. The van der Waals surface area contributed by atoms with Gasteiger partial charge in [0.2, 0.25) is 0 Å². The molecule has 1 atom stereocenters. The fourth-order valence-electron chi connectivity index (χ4n) is 3.07. The lowest BCUT2D eigenvalue weighted by Crippen LogP contribution is -2.27. The predicted molar refractivity (Wildman–Crippen MR) is 115 cm³/mol. The van der Waals surface area contributed by atoms with E-state index in [0.29, 0.717) is 5.69 Å². The molecule has 0 bridgehead atoms. The third kappa shape index (κ3) is 5.03. The van der Waals surface area contributed by atoms with Gasteiger partial charge in [0.15, 0.2) is 0 Å². The molecule has 3 aromatic rings. The zero-order valence-corrected chi connectivity index (χ0v) is 17.5. The lowest BCUT2D eigenvalue weighted by atomic mass is 10.0. The summed E-state index contributed by atoms with van der Waals surface area (Å²) in [4.78, 5) is 12.7. The maximum Gasteiger partial charge on any atom is 0.261 e. The summed E-state index contributed by atoms with van der Waals surface area (Å²) in [6.45, 7) is 5.82. The Morgan fingerprint density at radius 2 is 1.59 bits per heavy atom. The lowest BCUT2D eigenvalue weighted by molar-refractivity contribution is 0.0939. The Morgan fingerprint density at radius 3 is 2.28 bits per heavy atom. The number of hydrogen-bond donors (Lipinski definition) is 2. The number of carbonyl (C=O) groups is 1. The molecule has 3 aromatic carbocycles. The van der Waals surface area contributed by atoms with Crippen LogP contribution in [0.15, 0.2) is 77.7 Å². The van der Waals surface area contributed by atoms with E-state index in [2.05, 4.69) is 10.0 Å². The molecule has 0 saturated carbocycles. The summed E-state index contributed by atoms with van der Waals surface area (Å²) in [5.74, 6) is -0.326. The van der Waals surface area contributed by atoms with Gasteiger partial charge >= 0.3 is 0 Å². The summed E-state index contributed by atoms with van der Waals surface area (Å²) in [5.41, 5.74) is 3.90. The van der Waals surface area contributed by atoms with E-state index in [4.69, 9.17) is 0 Å². The Kier molecular flexibility index (Phi) is 6.03. The SMILES string of the molecule is Cc1ccc(NS(=O)(=O)c2cccc(C(=O)N[C@@H](C)c3ccccc3C)c2)cc1. The average molecular weight is 409 g/mol. The van der Waals surface area contributed by atoms with Gasteiger partial charge < -0.3 is 5.32 Å². The van der Waals surface area contributed by atoms with E-state index in [1.54, 1.807) is 24.3 Å². The summed E-state index contributed by atoms with van der Waals surface area (Å²) < 4.78 is 28.0. The van der Waals surface area contributed by atoms with E-state index >= 15 is 0 Å². The number of anilines is 1. The van der Waals surface area contributed by atoms with Gasteiger partial charge in [-0.2, -0.15) is 0 Å². The summed E-state index contributed by atoms with van der Waals surface area (Å²) in [5, 5.41) is 2.93. The standard InChI is InChI=1S/C23H24N2O3S/c1-16-11-13-20(14-12-16)25-29(27,28)21-9-6-8-19(15-21)23(26)24-18(3)22-10-5-4-7-17(22)2/h4-15,18,25H,1-3H3,(H,24,26)/t18-/m0/s1. The van der Waals surface area contributed by atoms with Gasteiger partial charge in [-0.1, -0.05) is 48.0 Å². The second-order valence-electron chi connectivity index (χ2n) is 7.05. The Hall–Kier alpha value is -3.12. The van der Waals surface area contributed by atoms with Crippen molar-refractivity contribution in [2.24, 2.45) is 0 Å². The van der Waals surface area contributed by atoms with E-state index in [-0.39, 0.29) is 22.4 Å². The average Bonchev–Trinajstić information content (AvgIpc) is 2.70. The highest BCUT2D eigenvalue weighted by atomic mass is 32.2. The Morgan fingerprint density at radius 1 is 0.897 bits per heavy atom. The van der Waals surface area contributed by atoms with Gasteiger partial charge in [0.25, 0.3) is 15.9 Å². The van der Waals surface area contributed by atoms with Crippen molar-refractivity contribution in [1.29, 1.82) is 0 Å². The molecular weight excluding hydrogens is 384 g/mol. The van der Waals surface area contributed by atoms with Crippen LogP contribution in [0.1, 0.15) is 40.0 Å². The van der Waals surface area contributed by atoms with Gasteiger partial charge in [0.1, 0.15) is 0 Å². The molecular formula is C23H24N2O3S. The van der Waals surface area contributed by atoms with Gasteiger partial charge in [0.05, 0.1) is 10.9 Å². The van der Waals surface area contributed by atoms with Crippen LogP contribution in [-0.4, -0.2) is 14.3 Å². The Balaban J connectivity index is 1.78. The maximum absolute atomic E-state index is 12.7. The van der Waals surface area contributed by atoms with Crippen molar-refractivity contribution in [2.45, 2.75) is 31.7 Å². The monoisotopic (exact) mass is 408 g/mol. The molecule has 0 fully saturated rings. The smallest absolute Gasteiger partial charge is 0.261 e. The first kappa shape index (κ1) is 20.6. The van der Waals surface area contributed by atoms with Crippen molar-refractivity contribution >= 4 is 21.6 Å². The van der Waals surface area contributed by atoms with E-state index < -0.39 is 10.0 Å². The van der Waals surface area contributed by atoms with Gasteiger partial charge in [0, 0.05) is 11.3 Å². The summed E-state index contributed by atoms with van der Waals surface area (Å²) in [6.07, 6.45) is 0. The van der Waals surface area contributed by atoms with Crippen LogP contribution >= 0.6 is 0 Å². The number of benzene rings is 3. The van der Waals surface area contributed by atoms with Crippen LogP contribution < -0.4 is 10.0 Å². The van der Waals surface area contributed by atoms with Crippen LogP contribution in [0.4, 0.5) is 5.69 Å². The minimum Gasteiger partial charge on any atom is -0.346 e. The molecule has 0 aliphatic heterocycles. The molecule has 150 valence electrons. The van der Waals surface area contributed by atoms with Crippen molar-refractivity contribution in [3.8, 4) is 0 Å². The first-order valence-corrected chi connectivity index (χ1v) is 10.8. The lowest BCUT2D eigenvalue weighted by Gasteiger charge is -2.17. The van der Waals surface area contributed by atoms with Crippen LogP contribution in [0.25, 0.3) is 0 Å². The molecule has 0 aromatic heterocycles. The minimum atomic E-state index is -3.80. The molecule has 0 aliphatic rings. The number of aryl methyl sites for hydroxylation is 2. The molecule has 3 rings (SSSR count). The fraction of sp³-hybridized carbons (Fsp3) is 0.174. The highest BCUT2D eigenvalue weighted by Crippen LogP contribution is 2.20. The summed E-state index contributed by atoms with van der Waals surface area (Å²) in [6, 6.07) is 20.7. The van der Waals surface area contributed by atoms with Crippen molar-refractivity contribution < 1.29 is 13.2 Å². The fourth-order valence-corrected chi connectivity index (χ4v) is 4.17. The van der Waals surface area contributed by atoms with E-state index in [9.17, 15) is 13.2 Å². The maximum atomic E-state index is 12.7. The molecule has 0 aliphatic carbocycles. The van der Waals surface area contributed by atoms with Crippen molar-refractivity contribution in [3.05, 3.63) is 95.1 Å². The van der Waals surface area contributed by atoms with Crippen LogP contribution in [0.2, 0.25) is 0 Å². The van der Waals surface area contributed by atoms with Crippen LogP contribution in [0, 0.1) is 13.8 Å². The largest absolute Gasteiger partial charge is 0.346 e. The second kappa shape index (κ2) is 8.49. The van der Waals surface area contributed by atoms with Gasteiger partial charge in [-0.15, -0.1) is 0 Å². The molecule has 0 radical (unpaired) electrons. The first-order valence-electron chi connectivity index (χ1n) is 9.32. The number of hydrogen-bond acceptors (Lipinski definition) is 3. The topological polar surface area (TPSA) is 75.3 Å². The molecule has 5 nitrogen and oxygen atoms in total. The first-order chi connectivity index (χ1) is 13.8. The highest BCUT2D eigenvalue weighted by Gasteiger charge is 2.18. The van der Waals surface area contributed by atoms with Crippen molar-refractivity contribution in [1.82, 2.24) is 5.32 Å². The third-order valence-electron chi connectivity index (χ3n) is 4.71. The van der Waals surface area contributed by atoms with Crippen LogP contribution in [0.5, 0.6) is 0 Å². The molecule has 0 spiro atoms. The number of rotatable bonds is 6. The molecule has 29 heavy (non-hydrogen) atoms. The van der Waals surface area contributed by atoms with Gasteiger partial charge in [-0.3, -0.25) is 9.52 Å². The highest BCUT2D eigenvalue weighted by molar-refractivity contribution is 7.92. The number of amides is 1. The van der Waals surface area contributed by atoms with Crippen molar-refractivity contribution in [2.75, 3.05) is 4.72 Å². The zero-order chi connectivity index (χ0) is 21.0. The molecule has 0 heterocycles. The van der Waals surface area contributed by atoms with Gasteiger partial charge in [-0.05, 0) is 62.2 Å². The normalized spacial score (nSPS) is 12.2. The predicted octanol–water partition coefficient (Wildman–Crippen LogP) is 4.60. The molecule has 0 saturated heterocycles. The Bertz CT molecular complexity index is 1120. The molecule has 2 N–H and O–H groups in total. The van der Waals surface area contributed by atoms with Crippen molar-refractivity contribution in [3.63, 3.8) is 0 Å². The van der Waals surface area contributed by atoms with E-state index in [0.717, 1.165) is 16.7 Å². The minimum absolute atomic E-state index is 0.0364. The quantitative estimate of drug-likeness (QED) is 0.626. The summed E-state index contributed by atoms with van der Waals surface area (Å²) >= 11 is 0. The third-order valence-corrected chi connectivity index (χ3v) is 6.09. The molecule has 6 heteroatoms. The number of sulfonamides is 1. The zero-order valence-electron chi connectivity index (χ0n) is 16.6. The second-order valence-corrected chi connectivity index (χ2v) is 8.73.